The maximum Gasteiger partial charge on any atom is 0.347 e. The molecule has 1 atom stereocenters. The Morgan fingerprint density at radius 2 is 2.47 bits per heavy atom. The molecule has 82 valence electrons. The SMILES string of the molecule is NC(CCC(=O)O)c1cn[nH]c1[N+](=O)[O-]. The van der Waals surface area contributed by atoms with Crippen molar-refractivity contribution in [2.24, 2.45) is 5.73 Å². The van der Waals surface area contributed by atoms with Gasteiger partial charge in [0.2, 0.25) is 0 Å². The van der Waals surface area contributed by atoms with Crippen molar-refractivity contribution < 1.29 is 14.8 Å². The minimum Gasteiger partial charge on any atom is -0.481 e. The van der Waals surface area contributed by atoms with E-state index in [0.717, 1.165) is 0 Å². The van der Waals surface area contributed by atoms with E-state index in [1.54, 1.807) is 0 Å². The van der Waals surface area contributed by atoms with Crippen LogP contribution in [0.5, 0.6) is 0 Å². The molecule has 0 aliphatic heterocycles. The molecule has 0 radical (unpaired) electrons. The van der Waals surface area contributed by atoms with E-state index in [2.05, 4.69) is 10.2 Å². The number of nitrogens with zero attached hydrogens (tertiary/aromatic N) is 2. The highest BCUT2D eigenvalue weighted by Gasteiger charge is 2.21. The molecule has 1 rings (SSSR count). The van der Waals surface area contributed by atoms with Gasteiger partial charge in [-0.2, -0.15) is 0 Å². The van der Waals surface area contributed by atoms with Crippen LogP contribution in [0, 0.1) is 10.1 Å². The second-order valence-corrected chi connectivity index (χ2v) is 2.97. The number of nitrogens with two attached hydrogens (primary N) is 1. The smallest absolute Gasteiger partial charge is 0.347 e. The standard InChI is InChI=1S/C7H10N4O4/c8-5(1-2-6(12)13)4-3-9-10-7(4)11(14)15/h3,5H,1-2,8H2,(H,9,10)(H,12,13). The molecule has 1 aromatic heterocycles. The number of carbonyl (C=O) groups is 1. The van der Waals surface area contributed by atoms with Crippen molar-refractivity contribution in [2.45, 2.75) is 18.9 Å². The van der Waals surface area contributed by atoms with Crippen LogP contribution in [0.4, 0.5) is 5.82 Å². The summed E-state index contributed by atoms with van der Waals surface area (Å²) < 4.78 is 0. The van der Waals surface area contributed by atoms with Crippen molar-refractivity contribution in [2.75, 3.05) is 0 Å². The van der Waals surface area contributed by atoms with Gasteiger partial charge in [-0.05, 0) is 11.3 Å². The quantitative estimate of drug-likeness (QED) is 0.472. The van der Waals surface area contributed by atoms with Gasteiger partial charge >= 0.3 is 11.8 Å². The third-order valence-electron chi connectivity index (χ3n) is 1.90. The molecule has 0 aromatic carbocycles. The van der Waals surface area contributed by atoms with Crippen LogP contribution < -0.4 is 5.73 Å². The molecule has 8 heteroatoms. The predicted molar refractivity (Wildman–Crippen MR) is 49.0 cm³/mol. The molecule has 0 aliphatic rings. The summed E-state index contributed by atoms with van der Waals surface area (Å²) in [5, 5.41) is 24.6. The summed E-state index contributed by atoms with van der Waals surface area (Å²) in [4.78, 5) is 20.1. The number of aliphatic carboxylic acids is 1. The van der Waals surface area contributed by atoms with E-state index in [1.165, 1.54) is 6.20 Å². The van der Waals surface area contributed by atoms with Crippen LogP contribution in [0.3, 0.4) is 0 Å². The number of nitrogens with one attached hydrogen (secondary N) is 1. The van der Waals surface area contributed by atoms with Gasteiger partial charge in [-0.25, -0.2) is 0 Å². The fourth-order valence-electron chi connectivity index (χ4n) is 1.14. The summed E-state index contributed by atoms with van der Waals surface area (Å²) in [7, 11) is 0. The van der Waals surface area contributed by atoms with Crippen molar-refractivity contribution in [3.8, 4) is 0 Å². The molecule has 0 spiro atoms. The van der Waals surface area contributed by atoms with Gasteiger partial charge in [-0.1, -0.05) is 5.10 Å². The lowest BCUT2D eigenvalue weighted by Gasteiger charge is -2.06. The molecule has 0 aliphatic carbocycles. The lowest BCUT2D eigenvalue weighted by atomic mass is 10.1. The molecule has 1 heterocycles. The first kappa shape index (κ1) is 11.1. The molecule has 0 saturated carbocycles. The number of carboxylic acid groups (broad SMARTS) is 1. The average Bonchev–Trinajstić information content (AvgIpc) is 2.62. The van der Waals surface area contributed by atoms with E-state index in [9.17, 15) is 14.9 Å². The third-order valence-corrected chi connectivity index (χ3v) is 1.90. The predicted octanol–water partition coefficient (Wildman–Crippen LogP) is 0.182. The van der Waals surface area contributed by atoms with E-state index in [4.69, 9.17) is 10.8 Å². The molecule has 1 aromatic rings. The third kappa shape index (κ3) is 2.74. The average molecular weight is 214 g/mol. The van der Waals surface area contributed by atoms with E-state index in [0.29, 0.717) is 0 Å². The Labute approximate surface area is 84.2 Å². The van der Waals surface area contributed by atoms with Crippen molar-refractivity contribution in [1.82, 2.24) is 10.2 Å². The summed E-state index contributed by atoms with van der Waals surface area (Å²) in [5.41, 5.74) is 5.82. The molecule has 4 N–H and O–H groups in total. The van der Waals surface area contributed by atoms with E-state index in [1.807, 2.05) is 0 Å². The molecular formula is C7H10N4O4. The highest BCUT2D eigenvalue weighted by Crippen LogP contribution is 2.23. The molecule has 15 heavy (non-hydrogen) atoms. The van der Waals surface area contributed by atoms with Crippen LogP contribution in [-0.4, -0.2) is 26.2 Å². The number of aromatic nitrogens is 2. The van der Waals surface area contributed by atoms with Gasteiger partial charge < -0.3 is 21.0 Å². The molecular weight excluding hydrogens is 204 g/mol. The minimum atomic E-state index is -0.989. The summed E-state index contributed by atoms with van der Waals surface area (Å²) in [6.07, 6.45) is 1.24. The van der Waals surface area contributed by atoms with Gasteiger partial charge in [-0.15, -0.1) is 5.10 Å². The zero-order valence-electron chi connectivity index (χ0n) is 7.71. The second-order valence-electron chi connectivity index (χ2n) is 2.97. The van der Waals surface area contributed by atoms with Crippen LogP contribution in [0.1, 0.15) is 24.4 Å². The maximum absolute atomic E-state index is 10.5. The van der Waals surface area contributed by atoms with Gasteiger partial charge in [0.05, 0.1) is 11.8 Å². The molecule has 1 unspecified atom stereocenters. The van der Waals surface area contributed by atoms with Gasteiger partial charge in [0.25, 0.3) is 0 Å². The first-order chi connectivity index (χ1) is 7.02. The van der Waals surface area contributed by atoms with Crippen LogP contribution >= 0.6 is 0 Å². The number of carboxylic acids is 1. The Balaban J connectivity index is 2.73. The summed E-state index contributed by atoms with van der Waals surface area (Å²) in [6.45, 7) is 0. The van der Waals surface area contributed by atoms with Crippen molar-refractivity contribution in [3.63, 3.8) is 0 Å². The fraction of sp³-hybridized carbons (Fsp3) is 0.429. The zero-order valence-corrected chi connectivity index (χ0v) is 7.71. The Kier molecular flexibility index (Phi) is 3.34. The molecule has 8 nitrogen and oxygen atoms in total. The van der Waals surface area contributed by atoms with E-state index in [-0.39, 0.29) is 24.2 Å². The van der Waals surface area contributed by atoms with Gasteiger partial charge in [0.1, 0.15) is 0 Å². The van der Waals surface area contributed by atoms with Gasteiger partial charge in [-0.3, -0.25) is 4.79 Å². The lowest BCUT2D eigenvalue weighted by molar-refractivity contribution is -0.390. The van der Waals surface area contributed by atoms with Crippen LogP contribution in [0.2, 0.25) is 0 Å². The highest BCUT2D eigenvalue weighted by molar-refractivity contribution is 5.66. The van der Waals surface area contributed by atoms with Crippen molar-refractivity contribution in [3.05, 3.63) is 21.9 Å². The number of H-pyrrole nitrogens is 1. The number of aromatic amines is 1. The molecule has 0 bridgehead atoms. The molecule has 0 amide bonds. The Bertz CT molecular complexity index is 375. The van der Waals surface area contributed by atoms with E-state index >= 15 is 0 Å². The molecule has 0 fully saturated rings. The largest absolute Gasteiger partial charge is 0.481 e. The summed E-state index contributed by atoms with van der Waals surface area (Å²) >= 11 is 0. The number of hydrogen-bond donors (Lipinski definition) is 3. The number of nitro groups is 1. The fourth-order valence-corrected chi connectivity index (χ4v) is 1.14. The topological polar surface area (TPSA) is 135 Å². The first-order valence-corrected chi connectivity index (χ1v) is 4.17. The Morgan fingerprint density at radius 1 is 1.80 bits per heavy atom. The minimum absolute atomic E-state index is 0.135. The second kappa shape index (κ2) is 4.51. The van der Waals surface area contributed by atoms with E-state index < -0.39 is 16.9 Å². The van der Waals surface area contributed by atoms with Gasteiger partial charge in [0, 0.05) is 12.5 Å². The maximum atomic E-state index is 10.5. The van der Waals surface area contributed by atoms with Crippen molar-refractivity contribution in [1.29, 1.82) is 0 Å². The summed E-state index contributed by atoms with van der Waals surface area (Å²) in [6, 6.07) is -0.694. The normalized spacial score (nSPS) is 12.3. The highest BCUT2D eigenvalue weighted by atomic mass is 16.6. The van der Waals surface area contributed by atoms with Crippen LogP contribution in [-0.2, 0) is 4.79 Å². The van der Waals surface area contributed by atoms with Crippen LogP contribution in [0.25, 0.3) is 0 Å². The lowest BCUT2D eigenvalue weighted by Crippen LogP contribution is -2.13. The van der Waals surface area contributed by atoms with Gasteiger partial charge in [0.15, 0.2) is 0 Å². The monoisotopic (exact) mass is 214 g/mol. The Morgan fingerprint density at radius 3 is 3.00 bits per heavy atom. The van der Waals surface area contributed by atoms with Crippen LogP contribution in [0.15, 0.2) is 6.20 Å². The first-order valence-electron chi connectivity index (χ1n) is 4.17. The van der Waals surface area contributed by atoms with Crippen molar-refractivity contribution >= 4 is 11.8 Å². The molecule has 0 saturated heterocycles. The zero-order chi connectivity index (χ0) is 11.4. The Hall–Kier alpha value is -1.96. The summed E-state index contributed by atoms with van der Waals surface area (Å²) in [5.74, 6) is -1.27. The number of hydrogen-bond acceptors (Lipinski definition) is 5. The number of rotatable bonds is 5.